The van der Waals surface area contributed by atoms with E-state index in [9.17, 15) is 4.79 Å². The highest BCUT2D eigenvalue weighted by Gasteiger charge is 2.14. The van der Waals surface area contributed by atoms with E-state index in [1.807, 2.05) is 78.9 Å². The number of amides is 1. The Morgan fingerprint density at radius 2 is 1.68 bits per heavy atom. The Bertz CT molecular complexity index is 846. The molecule has 0 N–H and O–H groups in total. The highest BCUT2D eigenvalue weighted by molar-refractivity contribution is 9.10. The standard InChI is InChI=1S/C21H17BrN2O/c22-18-10-12-20(13-11-18)24(16-19-8-4-5-15-23-19)21(25)14-9-17-6-2-1-3-7-17/h1-15H,16H2/b14-9+. The van der Waals surface area contributed by atoms with Crippen molar-refractivity contribution in [3.8, 4) is 0 Å². The first-order valence-electron chi connectivity index (χ1n) is 7.92. The fourth-order valence-corrected chi connectivity index (χ4v) is 2.66. The van der Waals surface area contributed by atoms with Gasteiger partial charge in [-0.05, 0) is 48.0 Å². The van der Waals surface area contributed by atoms with Crippen molar-refractivity contribution in [1.82, 2.24) is 4.98 Å². The van der Waals surface area contributed by atoms with E-state index in [4.69, 9.17) is 0 Å². The third kappa shape index (κ3) is 4.88. The van der Waals surface area contributed by atoms with Crippen LogP contribution in [0.25, 0.3) is 6.08 Å². The second-order valence-electron chi connectivity index (χ2n) is 5.47. The van der Waals surface area contributed by atoms with Crippen LogP contribution in [0.4, 0.5) is 5.69 Å². The molecule has 0 aliphatic rings. The van der Waals surface area contributed by atoms with Crippen LogP contribution in [-0.2, 0) is 11.3 Å². The van der Waals surface area contributed by atoms with Gasteiger partial charge < -0.3 is 4.90 Å². The fraction of sp³-hybridized carbons (Fsp3) is 0.0476. The summed E-state index contributed by atoms with van der Waals surface area (Å²) in [7, 11) is 0. The van der Waals surface area contributed by atoms with E-state index in [0.29, 0.717) is 6.54 Å². The number of benzene rings is 2. The van der Waals surface area contributed by atoms with E-state index in [2.05, 4.69) is 20.9 Å². The molecule has 0 aliphatic carbocycles. The number of rotatable bonds is 5. The van der Waals surface area contributed by atoms with Crippen LogP contribution in [0.5, 0.6) is 0 Å². The number of halogens is 1. The topological polar surface area (TPSA) is 33.2 Å². The Morgan fingerprint density at radius 1 is 0.960 bits per heavy atom. The molecule has 3 rings (SSSR count). The zero-order valence-corrected chi connectivity index (χ0v) is 15.1. The van der Waals surface area contributed by atoms with E-state index in [1.165, 1.54) is 0 Å². The van der Waals surface area contributed by atoms with Gasteiger partial charge in [-0.2, -0.15) is 0 Å². The van der Waals surface area contributed by atoms with Crippen molar-refractivity contribution in [3.05, 3.63) is 101 Å². The summed E-state index contributed by atoms with van der Waals surface area (Å²) < 4.78 is 0.973. The van der Waals surface area contributed by atoms with Gasteiger partial charge in [0.15, 0.2) is 0 Å². The molecule has 0 aliphatic heterocycles. The first-order valence-corrected chi connectivity index (χ1v) is 8.72. The average molecular weight is 393 g/mol. The molecule has 0 radical (unpaired) electrons. The summed E-state index contributed by atoms with van der Waals surface area (Å²) in [6.07, 6.45) is 5.16. The second-order valence-corrected chi connectivity index (χ2v) is 6.38. The predicted octanol–water partition coefficient (Wildman–Crippen LogP) is 5.09. The number of carbonyl (C=O) groups is 1. The van der Waals surface area contributed by atoms with Gasteiger partial charge in [0.1, 0.15) is 0 Å². The van der Waals surface area contributed by atoms with E-state index in [0.717, 1.165) is 21.4 Å². The molecule has 0 unspecified atom stereocenters. The molecule has 25 heavy (non-hydrogen) atoms. The quantitative estimate of drug-likeness (QED) is 0.566. The van der Waals surface area contributed by atoms with Gasteiger partial charge in [0, 0.05) is 22.4 Å². The van der Waals surface area contributed by atoms with Gasteiger partial charge in [0.2, 0.25) is 0 Å². The van der Waals surface area contributed by atoms with Crippen LogP contribution in [0.3, 0.4) is 0 Å². The van der Waals surface area contributed by atoms with E-state index in [1.54, 1.807) is 17.2 Å². The minimum absolute atomic E-state index is 0.0863. The molecule has 2 aromatic carbocycles. The zero-order chi connectivity index (χ0) is 17.5. The Hall–Kier alpha value is -2.72. The maximum absolute atomic E-state index is 12.8. The number of nitrogens with zero attached hydrogens (tertiary/aromatic N) is 2. The molecule has 0 atom stereocenters. The molecular formula is C21H17BrN2O. The van der Waals surface area contributed by atoms with Gasteiger partial charge in [-0.1, -0.05) is 52.3 Å². The second kappa shape index (κ2) is 8.40. The number of hydrogen-bond donors (Lipinski definition) is 0. The molecule has 0 saturated carbocycles. The summed E-state index contributed by atoms with van der Waals surface area (Å²) in [6.45, 7) is 0.417. The van der Waals surface area contributed by atoms with Crippen molar-refractivity contribution in [2.45, 2.75) is 6.54 Å². The summed E-state index contributed by atoms with van der Waals surface area (Å²) in [4.78, 5) is 18.9. The van der Waals surface area contributed by atoms with Gasteiger partial charge in [0.05, 0.1) is 12.2 Å². The molecule has 1 aromatic heterocycles. The van der Waals surface area contributed by atoms with Crippen LogP contribution in [0.2, 0.25) is 0 Å². The molecule has 0 spiro atoms. The monoisotopic (exact) mass is 392 g/mol. The largest absolute Gasteiger partial charge is 0.303 e. The first-order chi connectivity index (χ1) is 12.2. The molecule has 124 valence electrons. The predicted molar refractivity (Wildman–Crippen MR) is 105 cm³/mol. The van der Waals surface area contributed by atoms with E-state index >= 15 is 0 Å². The molecule has 4 heteroatoms. The van der Waals surface area contributed by atoms with Crippen LogP contribution >= 0.6 is 15.9 Å². The number of aromatic nitrogens is 1. The van der Waals surface area contributed by atoms with Crippen LogP contribution in [0.1, 0.15) is 11.3 Å². The number of hydrogen-bond acceptors (Lipinski definition) is 2. The number of anilines is 1. The lowest BCUT2D eigenvalue weighted by Crippen LogP contribution is -2.29. The van der Waals surface area contributed by atoms with Gasteiger partial charge in [-0.15, -0.1) is 0 Å². The lowest BCUT2D eigenvalue weighted by Gasteiger charge is -2.21. The molecule has 0 bridgehead atoms. The molecule has 0 fully saturated rings. The van der Waals surface area contributed by atoms with Crippen LogP contribution < -0.4 is 4.90 Å². The normalized spacial score (nSPS) is 10.8. The first kappa shape index (κ1) is 17.1. The summed E-state index contributed by atoms with van der Waals surface area (Å²) in [5.74, 6) is -0.0863. The summed E-state index contributed by atoms with van der Waals surface area (Å²) in [6, 6.07) is 23.2. The maximum atomic E-state index is 12.8. The highest BCUT2D eigenvalue weighted by atomic mass is 79.9. The number of carbonyl (C=O) groups excluding carboxylic acids is 1. The van der Waals surface area contributed by atoms with Crippen molar-refractivity contribution >= 4 is 33.6 Å². The van der Waals surface area contributed by atoms with Crippen molar-refractivity contribution in [2.75, 3.05) is 4.90 Å². The minimum atomic E-state index is -0.0863. The summed E-state index contributed by atoms with van der Waals surface area (Å²) in [5.41, 5.74) is 2.66. The van der Waals surface area contributed by atoms with Crippen molar-refractivity contribution in [3.63, 3.8) is 0 Å². The SMILES string of the molecule is O=C(/C=C/c1ccccc1)N(Cc1ccccn1)c1ccc(Br)cc1. The Kier molecular flexibility index (Phi) is 5.75. The third-order valence-electron chi connectivity index (χ3n) is 3.67. The van der Waals surface area contributed by atoms with Crippen molar-refractivity contribution in [1.29, 1.82) is 0 Å². The van der Waals surface area contributed by atoms with Gasteiger partial charge in [-0.3, -0.25) is 9.78 Å². The highest BCUT2D eigenvalue weighted by Crippen LogP contribution is 2.21. The fourth-order valence-electron chi connectivity index (χ4n) is 2.39. The lowest BCUT2D eigenvalue weighted by molar-refractivity contribution is -0.114. The molecule has 3 nitrogen and oxygen atoms in total. The minimum Gasteiger partial charge on any atom is -0.303 e. The van der Waals surface area contributed by atoms with Crippen LogP contribution in [0.15, 0.2) is 89.5 Å². The Morgan fingerprint density at radius 3 is 2.36 bits per heavy atom. The van der Waals surface area contributed by atoms with E-state index < -0.39 is 0 Å². The molecule has 1 amide bonds. The Balaban J connectivity index is 1.86. The molecule has 1 heterocycles. The van der Waals surface area contributed by atoms with E-state index in [-0.39, 0.29) is 5.91 Å². The summed E-state index contributed by atoms with van der Waals surface area (Å²) >= 11 is 3.43. The number of pyridine rings is 1. The molecule has 0 saturated heterocycles. The van der Waals surface area contributed by atoms with Gasteiger partial charge in [0.25, 0.3) is 5.91 Å². The van der Waals surface area contributed by atoms with Gasteiger partial charge >= 0.3 is 0 Å². The molecular weight excluding hydrogens is 376 g/mol. The van der Waals surface area contributed by atoms with Gasteiger partial charge in [-0.25, -0.2) is 0 Å². The maximum Gasteiger partial charge on any atom is 0.251 e. The molecule has 3 aromatic rings. The van der Waals surface area contributed by atoms with Crippen molar-refractivity contribution < 1.29 is 4.79 Å². The lowest BCUT2D eigenvalue weighted by atomic mass is 10.2. The third-order valence-corrected chi connectivity index (χ3v) is 4.20. The smallest absolute Gasteiger partial charge is 0.251 e. The zero-order valence-electron chi connectivity index (χ0n) is 13.5. The Labute approximate surface area is 155 Å². The van der Waals surface area contributed by atoms with Crippen LogP contribution in [-0.4, -0.2) is 10.9 Å². The van der Waals surface area contributed by atoms with Crippen molar-refractivity contribution in [2.24, 2.45) is 0 Å². The average Bonchev–Trinajstić information content (AvgIpc) is 2.67. The van der Waals surface area contributed by atoms with Crippen LogP contribution in [0, 0.1) is 0 Å². The summed E-state index contributed by atoms with van der Waals surface area (Å²) in [5, 5.41) is 0.